The Bertz CT molecular complexity index is 245. The molecule has 11 heavy (non-hydrogen) atoms. The number of benzene rings is 1. The van der Waals surface area contributed by atoms with Crippen molar-refractivity contribution in [2.24, 2.45) is 11.5 Å². The third-order valence-corrected chi connectivity index (χ3v) is 1.67. The highest BCUT2D eigenvalue weighted by Crippen LogP contribution is 2.12. The average molecular weight is 151 g/mol. The van der Waals surface area contributed by atoms with E-state index in [1.807, 2.05) is 18.2 Å². The van der Waals surface area contributed by atoms with Gasteiger partial charge in [0, 0.05) is 18.8 Å². The highest BCUT2D eigenvalue weighted by Gasteiger charge is 1.96. The highest BCUT2D eigenvalue weighted by atomic mass is 14.6. The van der Waals surface area contributed by atoms with Gasteiger partial charge in [0.25, 0.3) is 0 Å². The summed E-state index contributed by atoms with van der Waals surface area (Å²) in [4.78, 5) is 0. The van der Waals surface area contributed by atoms with Crippen LogP contribution in [-0.2, 0) is 13.1 Å². The van der Waals surface area contributed by atoms with Gasteiger partial charge in [-0.05, 0) is 17.2 Å². The molecule has 0 atom stereocenters. The predicted molar refractivity (Wildman–Crippen MR) is 46.6 cm³/mol. The minimum absolute atomic E-state index is 0.483. The molecule has 0 spiro atoms. The summed E-state index contributed by atoms with van der Waals surface area (Å²) >= 11 is 0. The van der Waals surface area contributed by atoms with E-state index in [4.69, 9.17) is 17.2 Å². The first-order valence-electron chi connectivity index (χ1n) is 3.55. The smallest absolute Gasteiger partial charge is 0.0362 e. The van der Waals surface area contributed by atoms with Gasteiger partial charge in [-0.2, -0.15) is 0 Å². The second kappa shape index (κ2) is 3.37. The topological polar surface area (TPSA) is 78.1 Å². The zero-order valence-corrected chi connectivity index (χ0v) is 6.38. The lowest BCUT2D eigenvalue weighted by atomic mass is 10.1. The Kier molecular flexibility index (Phi) is 2.46. The molecule has 0 aromatic heterocycles. The van der Waals surface area contributed by atoms with Crippen molar-refractivity contribution in [3.8, 4) is 0 Å². The second-order valence-electron chi connectivity index (χ2n) is 2.44. The van der Waals surface area contributed by atoms with Crippen LogP contribution in [0.25, 0.3) is 0 Å². The average Bonchev–Trinajstić information content (AvgIpc) is 2.04. The molecule has 1 aromatic carbocycles. The molecule has 0 saturated heterocycles. The quantitative estimate of drug-likeness (QED) is 0.528. The lowest BCUT2D eigenvalue weighted by Gasteiger charge is -2.03. The van der Waals surface area contributed by atoms with Gasteiger partial charge in [0.1, 0.15) is 0 Å². The zero-order chi connectivity index (χ0) is 8.27. The van der Waals surface area contributed by atoms with Crippen molar-refractivity contribution >= 4 is 5.69 Å². The molecule has 0 aliphatic heterocycles. The fourth-order valence-corrected chi connectivity index (χ4v) is 0.957. The molecule has 0 saturated carbocycles. The number of hydrogen-bond donors (Lipinski definition) is 3. The lowest BCUT2D eigenvalue weighted by molar-refractivity contribution is 1.04. The maximum atomic E-state index is 5.67. The Hall–Kier alpha value is -1.06. The highest BCUT2D eigenvalue weighted by molar-refractivity contribution is 5.48. The number of nitrogens with two attached hydrogens (primary N) is 3. The molecular formula is C8H13N3. The molecule has 0 fully saturated rings. The van der Waals surface area contributed by atoms with E-state index in [2.05, 4.69) is 0 Å². The van der Waals surface area contributed by atoms with Gasteiger partial charge in [-0.25, -0.2) is 0 Å². The van der Waals surface area contributed by atoms with Crippen LogP contribution in [0, 0.1) is 0 Å². The van der Waals surface area contributed by atoms with Crippen LogP contribution in [-0.4, -0.2) is 0 Å². The molecule has 1 aromatic rings. The first-order valence-corrected chi connectivity index (χ1v) is 3.55. The van der Waals surface area contributed by atoms with E-state index in [-0.39, 0.29) is 0 Å². The van der Waals surface area contributed by atoms with E-state index in [1.54, 1.807) is 0 Å². The fraction of sp³-hybridized carbons (Fsp3) is 0.250. The molecule has 0 bridgehead atoms. The van der Waals surface area contributed by atoms with Crippen LogP contribution in [0.1, 0.15) is 11.1 Å². The van der Waals surface area contributed by atoms with Gasteiger partial charge in [0.15, 0.2) is 0 Å². The van der Waals surface area contributed by atoms with Crippen molar-refractivity contribution in [2.75, 3.05) is 5.73 Å². The zero-order valence-electron chi connectivity index (χ0n) is 6.38. The summed E-state index contributed by atoms with van der Waals surface area (Å²) < 4.78 is 0. The van der Waals surface area contributed by atoms with Crippen LogP contribution in [0.15, 0.2) is 18.2 Å². The third kappa shape index (κ3) is 1.69. The molecule has 3 nitrogen and oxygen atoms in total. The van der Waals surface area contributed by atoms with Crippen LogP contribution in [0.3, 0.4) is 0 Å². The van der Waals surface area contributed by atoms with E-state index in [9.17, 15) is 0 Å². The van der Waals surface area contributed by atoms with Crippen molar-refractivity contribution in [3.05, 3.63) is 29.3 Å². The standard InChI is InChI=1S/C8H13N3/c9-4-6-1-2-7(5-10)8(11)3-6/h1-3H,4-5,9-11H2. The number of hydrogen-bond acceptors (Lipinski definition) is 3. The van der Waals surface area contributed by atoms with Gasteiger partial charge in [-0.1, -0.05) is 12.1 Å². The van der Waals surface area contributed by atoms with Crippen LogP contribution in [0.4, 0.5) is 5.69 Å². The molecule has 60 valence electrons. The molecule has 1 rings (SSSR count). The number of anilines is 1. The molecule has 0 heterocycles. The Morgan fingerprint density at radius 2 is 1.82 bits per heavy atom. The summed E-state index contributed by atoms with van der Waals surface area (Å²) in [7, 11) is 0. The maximum absolute atomic E-state index is 5.67. The lowest BCUT2D eigenvalue weighted by Crippen LogP contribution is -2.03. The third-order valence-electron chi connectivity index (χ3n) is 1.67. The Balaban J connectivity index is 2.99. The molecule has 0 amide bonds. The molecule has 0 aliphatic rings. The molecule has 6 N–H and O–H groups in total. The minimum Gasteiger partial charge on any atom is -0.398 e. The monoisotopic (exact) mass is 151 g/mol. The van der Waals surface area contributed by atoms with Crippen molar-refractivity contribution in [1.29, 1.82) is 0 Å². The largest absolute Gasteiger partial charge is 0.398 e. The van der Waals surface area contributed by atoms with Gasteiger partial charge in [0.2, 0.25) is 0 Å². The van der Waals surface area contributed by atoms with E-state index in [1.165, 1.54) is 0 Å². The number of nitrogen functional groups attached to an aromatic ring is 1. The normalized spacial score (nSPS) is 10.0. The van der Waals surface area contributed by atoms with Crippen LogP contribution in [0.2, 0.25) is 0 Å². The van der Waals surface area contributed by atoms with Gasteiger partial charge in [-0.15, -0.1) is 0 Å². The van der Waals surface area contributed by atoms with E-state index in [0.717, 1.165) is 16.8 Å². The molecule has 3 heteroatoms. The first-order chi connectivity index (χ1) is 5.27. The minimum atomic E-state index is 0.483. The van der Waals surface area contributed by atoms with E-state index in [0.29, 0.717) is 13.1 Å². The van der Waals surface area contributed by atoms with E-state index < -0.39 is 0 Å². The molecule has 0 unspecified atom stereocenters. The van der Waals surface area contributed by atoms with Gasteiger partial charge in [0.05, 0.1) is 0 Å². The predicted octanol–water partition coefficient (Wildman–Crippen LogP) is 0.186. The summed E-state index contributed by atoms with van der Waals surface area (Å²) in [5.41, 5.74) is 19.3. The first kappa shape index (κ1) is 8.04. The van der Waals surface area contributed by atoms with Crippen LogP contribution in [0.5, 0.6) is 0 Å². The van der Waals surface area contributed by atoms with Crippen molar-refractivity contribution < 1.29 is 0 Å². The van der Waals surface area contributed by atoms with Crippen molar-refractivity contribution in [1.82, 2.24) is 0 Å². The van der Waals surface area contributed by atoms with Crippen molar-refractivity contribution in [3.63, 3.8) is 0 Å². The summed E-state index contributed by atoms with van der Waals surface area (Å²) in [6.07, 6.45) is 0. The molecule has 0 aliphatic carbocycles. The van der Waals surface area contributed by atoms with Gasteiger partial charge in [-0.3, -0.25) is 0 Å². The van der Waals surface area contributed by atoms with Gasteiger partial charge >= 0.3 is 0 Å². The van der Waals surface area contributed by atoms with Crippen molar-refractivity contribution in [2.45, 2.75) is 13.1 Å². The second-order valence-corrected chi connectivity index (χ2v) is 2.44. The molecular weight excluding hydrogens is 138 g/mol. The Morgan fingerprint density at radius 1 is 1.09 bits per heavy atom. The van der Waals surface area contributed by atoms with Gasteiger partial charge < -0.3 is 17.2 Å². The summed E-state index contributed by atoms with van der Waals surface area (Å²) in [6, 6.07) is 5.72. The number of rotatable bonds is 2. The van der Waals surface area contributed by atoms with Crippen LogP contribution < -0.4 is 17.2 Å². The Labute approximate surface area is 66.2 Å². The van der Waals surface area contributed by atoms with Crippen LogP contribution >= 0.6 is 0 Å². The summed E-state index contributed by atoms with van der Waals surface area (Å²) in [5.74, 6) is 0. The fourth-order valence-electron chi connectivity index (χ4n) is 0.957. The molecule has 0 radical (unpaired) electrons. The summed E-state index contributed by atoms with van der Waals surface area (Å²) in [6.45, 7) is 1.01. The maximum Gasteiger partial charge on any atom is 0.0362 e. The van der Waals surface area contributed by atoms with E-state index >= 15 is 0 Å². The Morgan fingerprint density at radius 3 is 2.27 bits per heavy atom. The SMILES string of the molecule is NCc1ccc(CN)c(N)c1. The summed E-state index contributed by atoms with van der Waals surface area (Å²) in [5, 5.41) is 0.